The lowest BCUT2D eigenvalue weighted by molar-refractivity contribution is 0.133. The molecule has 0 heterocycles. The summed E-state index contributed by atoms with van der Waals surface area (Å²) in [6, 6.07) is 0. The summed E-state index contributed by atoms with van der Waals surface area (Å²) in [5.41, 5.74) is 0. The topological polar surface area (TPSA) is 35.2 Å². The Morgan fingerprint density at radius 3 is 1.60 bits per heavy atom. The van der Waals surface area contributed by atoms with Crippen LogP contribution in [0.1, 0.15) is 96.8 Å². The molecule has 0 aliphatic carbocycles. The van der Waals surface area contributed by atoms with Crippen LogP contribution >= 0.6 is 0 Å². The lowest BCUT2D eigenvalue weighted by Crippen LogP contribution is -2.00. The molecule has 120 valence electrons. The monoisotopic (exact) mass is 283 g/mol. The van der Waals surface area contributed by atoms with Crippen molar-refractivity contribution in [2.75, 3.05) is 6.61 Å². The molecule has 0 amide bonds. The van der Waals surface area contributed by atoms with Crippen molar-refractivity contribution in [2.45, 2.75) is 96.8 Å². The second kappa shape index (κ2) is 18.7. The number of unbranched alkanes of at least 4 members (excludes halogenated alkanes) is 12. The molecule has 0 aliphatic rings. The van der Waals surface area contributed by atoms with Crippen LogP contribution in [0.15, 0.2) is 12.2 Å². The summed E-state index contributed by atoms with van der Waals surface area (Å²) in [6.07, 6.45) is 23.5. The largest absolute Gasteiger partial charge is 0.305 e. The molecule has 0 aromatic heterocycles. The van der Waals surface area contributed by atoms with Gasteiger partial charge < -0.3 is 4.84 Å². The highest BCUT2D eigenvalue weighted by Gasteiger charge is 1.91. The van der Waals surface area contributed by atoms with E-state index in [-0.39, 0.29) is 0 Å². The summed E-state index contributed by atoms with van der Waals surface area (Å²) in [7, 11) is 0. The quantitative estimate of drug-likeness (QED) is 0.217. The first kappa shape index (κ1) is 19.7. The SMILES string of the molecule is CCCCCCCC/C=C\CCCCCCCCON. The predicted octanol–water partition coefficient (Wildman–Crippen LogP) is 5.91. The molecule has 0 saturated carbocycles. The summed E-state index contributed by atoms with van der Waals surface area (Å²) in [4.78, 5) is 4.55. The Hall–Kier alpha value is -0.340. The van der Waals surface area contributed by atoms with Crippen LogP contribution in [0.4, 0.5) is 0 Å². The van der Waals surface area contributed by atoms with Gasteiger partial charge in [-0.3, -0.25) is 0 Å². The minimum absolute atomic E-state index is 0.710. The lowest BCUT2D eigenvalue weighted by Gasteiger charge is -2.00. The van der Waals surface area contributed by atoms with Gasteiger partial charge in [0.05, 0.1) is 6.61 Å². The predicted molar refractivity (Wildman–Crippen MR) is 89.6 cm³/mol. The van der Waals surface area contributed by atoms with E-state index in [9.17, 15) is 0 Å². The van der Waals surface area contributed by atoms with Crippen LogP contribution in [0.2, 0.25) is 0 Å². The zero-order chi connectivity index (χ0) is 14.7. The zero-order valence-corrected chi connectivity index (χ0v) is 13.7. The van der Waals surface area contributed by atoms with Crippen molar-refractivity contribution in [3.63, 3.8) is 0 Å². The van der Waals surface area contributed by atoms with Crippen molar-refractivity contribution in [3.8, 4) is 0 Å². The molecule has 0 radical (unpaired) electrons. The van der Waals surface area contributed by atoms with Gasteiger partial charge in [-0.2, -0.15) is 0 Å². The van der Waals surface area contributed by atoms with Gasteiger partial charge in [0.15, 0.2) is 0 Å². The molecular formula is C18H37NO. The molecule has 0 atom stereocenters. The van der Waals surface area contributed by atoms with Gasteiger partial charge in [0.1, 0.15) is 0 Å². The van der Waals surface area contributed by atoms with Gasteiger partial charge >= 0.3 is 0 Å². The molecule has 0 aromatic rings. The number of allylic oxidation sites excluding steroid dienone is 2. The molecule has 0 aliphatic heterocycles. The average molecular weight is 283 g/mol. The summed E-state index contributed by atoms with van der Waals surface area (Å²) in [6.45, 7) is 2.98. The maximum atomic E-state index is 4.98. The van der Waals surface area contributed by atoms with E-state index in [4.69, 9.17) is 5.90 Å². The van der Waals surface area contributed by atoms with Crippen molar-refractivity contribution >= 4 is 0 Å². The van der Waals surface area contributed by atoms with Crippen molar-refractivity contribution in [1.29, 1.82) is 0 Å². The van der Waals surface area contributed by atoms with Gasteiger partial charge in [-0.25, -0.2) is 5.90 Å². The third kappa shape index (κ3) is 17.7. The summed E-state index contributed by atoms with van der Waals surface area (Å²) in [5.74, 6) is 4.98. The van der Waals surface area contributed by atoms with Crippen LogP contribution in [0.5, 0.6) is 0 Å². The van der Waals surface area contributed by atoms with Crippen LogP contribution in [0, 0.1) is 0 Å². The van der Waals surface area contributed by atoms with Gasteiger partial charge in [-0.05, 0) is 32.1 Å². The lowest BCUT2D eigenvalue weighted by atomic mass is 10.1. The summed E-state index contributed by atoms with van der Waals surface area (Å²) >= 11 is 0. The minimum Gasteiger partial charge on any atom is -0.305 e. The first-order chi connectivity index (χ1) is 9.91. The second-order valence-corrected chi connectivity index (χ2v) is 5.81. The highest BCUT2D eigenvalue weighted by atomic mass is 16.6. The van der Waals surface area contributed by atoms with Crippen LogP contribution in [0.3, 0.4) is 0 Å². The Balaban J connectivity index is 3.01. The maximum absolute atomic E-state index is 4.98. The second-order valence-electron chi connectivity index (χ2n) is 5.81. The number of hydrogen-bond donors (Lipinski definition) is 1. The van der Waals surface area contributed by atoms with E-state index in [1.165, 1.54) is 83.5 Å². The Morgan fingerprint density at radius 2 is 1.10 bits per heavy atom. The molecule has 0 saturated heterocycles. The normalized spacial score (nSPS) is 11.5. The van der Waals surface area contributed by atoms with Crippen molar-refractivity contribution < 1.29 is 4.84 Å². The first-order valence-corrected chi connectivity index (χ1v) is 8.88. The highest BCUT2D eigenvalue weighted by Crippen LogP contribution is 2.09. The first-order valence-electron chi connectivity index (χ1n) is 8.88. The van der Waals surface area contributed by atoms with Crippen LogP contribution < -0.4 is 5.90 Å². The maximum Gasteiger partial charge on any atom is 0.0679 e. The van der Waals surface area contributed by atoms with Gasteiger partial charge in [-0.15, -0.1) is 0 Å². The van der Waals surface area contributed by atoms with Gasteiger partial charge in [0.25, 0.3) is 0 Å². The fourth-order valence-electron chi connectivity index (χ4n) is 2.43. The third-order valence-electron chi connectivity index (χ3n) is 3.77. The van der Waals surface area contributed by atoms with Crippen LogP contribution in [0.25, 0.3) is 0 Å². The Kier molecular flexibility index (Phi) is 18.3. The van der Waals surface area contributed by atoms with Gasteiger partial charge in [-0.1, -0.05) is 76.9 Å². The van der Waals surface area contributed by atoms with Crippen molar-refractivity contribution in [2.24, 2.45) is 5.90 Å². The van der Waals surface area contributed by atoms with E-state index in [1.807, 2.05) is 0 Å². The van der Waals surface area contributed by atoms with E-state index in [2.05, 4.69) is 23.9 Å². The Labute approximate surface area is 127 Å². The zero-order valence-electron chi connectivity index (χ0n) is 13.7. The van der Waals surface area contributed by atoms with Gasteiger partial charge in [0, 0.05) is 0 Å². The van der Waals surface area contributed by atoms with E-state index < -0.39 is 0 Å². The van der Waals surface area contributed by atoms with E-state index in [1.54, 1.807) is 0 Å². The van der Waals surface area contributed by atoms with Crippen molar-refractivity contribution in [1.82, 2.24) is 0 Å². The molecule has 2 N–H and O–H groups in total. The molecule has 0 spiro atoms. The fourth-order valence-corrected chi connectivity index (χ4v) is 2.43. The molecule has 0 unspecified atom stereocenters. The smallest absolute Gasteiger partial charge is 0.0679 e. The Morgan fingerprint density at radius 1 is 0.650 bits per heavy atom. The van der Waals surface area contributed by atoms with Crippen LogP contribution in [-0.2, 0) is 4.84 Å². The van der Waals surface area contributed by atoms with Crippen LogP contribution in [-0.4, -0.2) is 6.61 Å². The average Bonchev–Trinajstić information content (AvgIpc) is 2.47. The molecule has 0 rings (SSSR count). The fraction of sp³-hybridized carbons (Fsp3) is 0.889. The molecule has 0 fully saturated rings. The molecular weight excluding hydrogens is 246 g/mol. The van der Waals surface area contributed by atoms with Gasteiger partial charge in [0.2, 0.25) is 0 Å². The van der Waals surface area contributed by atoms with Crippen molar-refractivity contribution in [3.05, 3.63) is 12.2 Å². The van der Waals surface area contributed by atoms with E-state index in [0.717, 1.165) is 6.42 Å². The standard InChI is InChI=1S/C18H37NO/c1-2-3-4-5-6-7-8-9-10-11-12-13-14-15-16-17-18-20-19/h9-10H,2-8,11-19H2,1H3/b10-9-. The summed E-state index contributed by atoms with van der Waals surface area (Å²) in [5, 5.41) is 0. The molecule has 20 heavy (non-hydrogen) atoms. The van der Waals surface area contributed by atoms with E-state index in [0.29, 0.717) is 6.61 Å². The summed E-state index contributed by atoms with van der Waals surface area (Å²) < 4.78 is 0. The Bertz CT molecular complexity index is 192. The molecule has 2 nitrogen and oxygen atoms in total. The number of nitrogens with two attached hydrogens (primary N) is 1. The minimum atomic E-state index is 0.710. The molecule has 0 aromatic carbocycles. The molecule has 2 heteroatoms. The number of rotatable bonds is 16. The number of hydrogen-bond acceptors (Lipinski definition) is 2. The third-order valence-corrected chi connectivity index (χ3v) is 3.77. The molecule has 0 bridgehead atoms. The highest BCUT2D eigenvalue weighted by molar-refractivity contribution is 4.81. The van der Waals surface area contributed by atoms with E-state index >= 15 is 0 Å².